The lowest BCUT2D eigenvalue weighted by Gasteiger charge is -2.32. The number of halogens is 1. The Morgan fingerprint density at radius 1 is 0.778 bits per heavy atom. The third kappa shape index (κ3) is 14.8. The Morgan fingerprint density at radius 2 is 1.52 bits per heavy atom. The highest BCUT2D eigenvalue weighted by Gasteiger charge is 2.21. The summed E-state index contributed by atoms with van der Waals surface area (Å²) >= 11 is 6.21. The first-order valence-corrected chi connectivity index (χ1v) is 21.2. The average molecular weight is 877 g/mol. The molecule has 0 fully saturated rings. The van der Waals surface area contributed by atoms with E-state index in [0.717, 1.165) is 29.5 Å². The topological polar surface area (TPSA) is 169 Å². The van der Waals surface area contributed by atoms with Crippen LogP contribution >= 0.6 is 11.6 Å². The molecule has 0 aliphatic carbocycles. The number of carbonyl (C=O) groups is 5. The molecule has 5 rings (SSSR count). The fourth-order valence-electron chi connectivity index (χ4n) is 6.68. The minimum atomic E-state index is -0.562. The molecule has 2 heterocycles. The standard InChI is InChI=1S/C48H53ClN6O8/c1-5-38(6-2)55(27-26-54(3)43(56)23-24-44(57)63-32-34-11-8-7-9-12-34)31-35-13-10-14-36(29-35)46(58)52-40-21-22-42(49)53-45(40)47(59)51-37-17-15-33(16-18-37)25-28-62-39-19-20-41(50-30-39)48(60)61-4/h7-22,29-30,38H,5-6,23-28,31-32H2,1-4H3,(H,51,59)(H,52,58). The Labute approximate surface area is 372 Å². The van der Waals surface area contributed by atoms with Gasteiger partial charge in [0.25, 0.3) is 11.8 Å². The van der Waals surface area contributed by atoms with E-state index in [1.54, 1.807) is 36.2 Å². The average Bonchev–Trinajstić information content (AvgIpc) is 3.30. The quantitative estimate of drug-likeness (QED) is 0.0510. The number of amides is 3. The highest BCUT2D eigenvalue weighted by molar-refractivity contribution is 6.29. The van der Waals surface area contributed by atoms with E-state index in [0.29, 0.717) is 49.7 Å². The van der Waals surface area contributed by atoms with Gasteiger partial charge in [0.1, 0.15) is 23.2 Å². The van der Waals surface area contributed by atoms with Crippen molar-refractivity contribution in [2.75, 3.05) is 44.5 Å². The first-order chi connectivity index (χ1) is 30.5. The van der Waals surface area contributed by atoms with Gasteiger partial charge in [-0.25, -0.2) is 14.8 Å². The minimum absolute atomic E-state index is 0.00377. The van der Waals surface area contributed by atoms with Crippen molar-refractivity contribution >= 4 is 52.6 Å². The van der Waals surface area contributed by atoms with E-state index in [1.165, 1.54) is 31.5 Å². The van der Waals surface area contributed by atoms with Crippen LogP contribution < -0.4 is 15.4 Å². The molecule has 2 N–H and O–H groups in total. The monoisotopic (exact) mass is 876 g/mol. The van der Waals surface area contributed by atoms with Crippen LogP contribution in [0, 0.1) is 0 Å². The van der Waals surface area contributed by atoms with Gasteiger partial charge in [0.15, 0.2) is 5.69 Å². The highest BCUT2D eigenvalue weighted by atomic mass is 35.5. The lowest BCUT2D eigenvalue weighted by molar-refractivity contribution is -0.147. The third-order valence-electron chi connectivity index (χ3n) is 10.3. The zero-order valence-electron chi connectivity index (χ0n) is 36.0. The van der Waals surface area contributed by atoms with Gasteiger partial charge in [0.2, 0.25) is 5.91 Å². The fraction of sp³-hybridized carbons (Fsp3) is 0.312. The molecule has 14 nitrogen and oxygen atoms in total. The molecule has 0 spiro atoms. The fourth-order valence-corrected chi connectivity index (χ4v) is 6.83. The van der Waals surface area contributed by atoms with E-state index in [9.17, 15) is 24.0 Å². The van der Waals surface area contributed by atoms with Crippen LogP contribution in [0.5, 0.6) is 5.75 Å². The highest BCUT2D eigenvalue weighted by Crippen LogP contribution is 2.22. The lowest BCUT2D eigenvalue weighted by Crippen LogP contribution is -2.41. The molecule has 0 bridgehead atoms. The summed E-state index contributed by atoms with van der Waals surface area (Å²) in [5.41, 5.74) is 3.96. The third-order valence-corrected chi connectivity index (χ3v) is 10.5. The number of anilines is 2. The molecule has 0 saturated carbocycles. The van der Waals surface area contributed by atoms with Crippen molar-refractivity contribution in [3.63, 3.8) is 0 Å². The SMILES string of the molecule is CCC(CC)N(CCN(C)C(=O)CCC(=O)OCc1ccccc1)Cc1cccc(C(=O)Nc2ccc(Cl)nc2C(=O)Nc2ccc(CCOc3ccc(C(=O)OC)nc3)cc2)c1. The van der Waals surface area contributed by atoms with Crippen molar-refractivity contribution in [2.24, 2.45) is 0 Å². The molecule has 0 saturated heterocycles. The first-order valence-electron chi connectivity index (χ1n) is 20.8. The number of methoxy groups -OCH3 is 1. The van der Waals surface area contributed by atoms with Gasteiger partial charge in [-0.15, -0.1) is 0 Å². The molecule has 0 aliphatic rings. The van der Waals surface area contributed by atoms with Gasteiger partial charge in [-0.3, -0.25) is 24.1 Å². The Balaban J connectivity index is 1.14. The Bertz CT molecular complexity index is 2310. The van der Waals surface area contributed by atoms with Crippen LogP contribution in [-0.4, -0.2) is 89.3 Å². The lowest BCUT2D eigenvalue weighted by atomic mass is 10.1. The summed E-state index contributed by atoms with van der Waals surface area (Å²) in [6.07, 6.45) is 3.88. The maximum absolute atomic E-state index is 13.7. The number of esters is 2. The maximum atomic E-state index is 13.7. The summed E-state index contributed by atoms with van der Waals surface area (Å²) < 4.78 is 15.7. The number of aromatic nitrogens is 2. The molecular formula is C48H53ClN6O8. The second-order valence-electron chi connectivity index (χ2n) is 14.7. The molecule has 3 aromatic carbocycles. The Morgan fingerprint density at radius 3 is 2.22 bits per heavy atom. The molecule has 0 atom stereocenters. The van der Waals surface area contributed by atoms with Crippen LogP contribution in [0.15, 0.2) is 109 Å². The van der Waals surface area contributed by atoms with E-state index in [-0.39, 0.29) is 53.6 Å². The van der Waals surface area contributed by atoms with Crippen LogP contribution in [0.2, 0.25) is 5.15 Å². The summed E-state index contributed by atoms with van der Waals surface area (Å²) in [7, 11) is 3.03. The summed E-state index contributed by atoms with van der Waals surface area (Å²) in [4.78, 5) is 76.2. The smallest absolute Gasteiger partial charge is 0.356 e. The van der Waals surface area contributed by atoms with E-state index in [2.05, 4.69) is 44.1 Å². The molecule has 0 radical (unpaired) electrons. The van der Waals surface area contributed by atoms with Crippen molar-refractivity contribution in [1.82, 2.24) is 19.8 Å². The molecule has 63 heavy (non-hydrogen) atoms. The van der Waals surface area contributed by atoms with Crippen molar-refractivity contribution < 1.29 is 38.2 Å². The van der Waals surface area contributed by atoms with Gasteiger partial charge in [0, 0.05) is 56.8 Å². The molecule has 15 heteroatoms. The predicted molar refractivity (Wildman–Crippen MR) is 241 cm³/mol. The Kier molecular flexibility index (Phi) is 18.1. The van der Waals surface area contributed by atoms with E-state index < -0.39 is 23.8 Å². The Hall–Kier alpha value is -6.64. The van der Waals surface area contributed by atoms with Crippen molar-refractivity contribution in [3.8, 4) is 5.75 Å². The van der Waals surface area contributed by atoms with Gasteiger partial charge in [0.05, 0.1) is 32.0 Å². The number of carbonyl (C=O) groups excluding carboxylic acids is 5. The van der Waals surface area contributed by atoms with E-state index >= 15 is 0 Å². The summed E-state index contributed by atoms with van der Waals surface area (Å²) in [5.74, 6) is -1.57. The first kappa shape index (κ1) is 47.4. The number of pyridine rings is 2. The van der Waals surface area contributed by atoms with Gasteiger partial charge < -0.3 is 29.7 Å². The van der Waals surface area contributed by atoms with Crippen LogP contribution in [0.25, 0.3) is 0 Å². The molecular weight excluding hydrogens is 824 g/mol. The van der Waals surface area contributed by atoms with Crippen LogP contribution in [0.3, 0.4) is 0 Å². The van der Waals surface area contributed by atoms with Gasteiger partial charge in [-0.2, -0.15) is 0 Å². The predicted octanol–water partition coefficient (Wildman–Crippen LogP) is 8.02. The van der Waals surface area contributed by atoms with Gasteiger partial charge in [-0.1, -0.05) is 80.0 Å². The van der Waals surface area contributed by atoms with Gasteiger partial charge >= 0.3 is 11.9 Å². The van der Waals surface area contributed by atoms with Gasteiger partial charge in [-0.05, 0) is 78.1 Å². The van der Waals surface area contributed by atoms with Crippen molar-refractivity contribution in [1.29, 1.82) is 0 Å². The number of nitrogens with zero attached hydrogens (tertiary/aromatic N) is 4. The number of rotatable bonds is 22. The molecule has 330 valence electrons. The number of hydrogen-bond donors (Lipinski definition) is 2. The van der Waals surface area contributed by atoms with Crippen molar-refractivity contribution in [2.45, 2.75) is 65.1 Å². The van der Waals surface area contributed by atoms with Crippen LogP contribution in [0.1, 0.15) is 87.6 Å². The van der Waals surface area contributed by atoms with Crippen LogP contribution in [0.4, 0.5) is 11.4 Å². The maximum Gasteiger partial charge on any atom is 0.356 e. The number of benzene rings is 3. The zero-order valence-corrected chi connectivity index (χ0v) is 36.7. The number of ether oxygens (including phenoxy) is 3. The van der Waals surface area contributed by atoms with Crippen LogP contribution in [-0.2, 0) is 38.6 Å². The number of likely N-dealkylation sites (N-methyl/N-ethyl adjacent to an activating group) is 1. The normalized spacial score (nSPS) is 10.9. The van der Waals surface area contributed by atoms with Crippen molar-refractivity contribution in [3.05, 3.63) is 148 Å². The zero-order chi connectivity index (χ0) is 45.1. The molecule has 2 aromatic heterocycles. The number of nitrogens with one attached hydrogen (secondary N) is 2. The summed E-state index contributed by atoms with van der Waals surface area (Å²) in [5, 5.41) is 5.75. The molecule has 0 aliphatic heterocycles. The molecule has 0 unspecified atom stereocenters. The van der Waals surface area contributed by atoms with E-state index in [1.807, 2.05) is 60.7 Å². The minimum Gasteiger partial charge on any atom is -0.492 e. The summed E-state index contributed by atoms with van der Waals surface area (Å²) in [6.45, 7) is 6.35. The molecule has 5 aromatic rings. The summed E-state index contributed by atoms with van der Waals surface area (Å²) in [6, 6.07) is 30.3. The second-order valence-corrected chi connectivity index (χ2v) is 15.1. The largest absolute Gasteiger partial charge is 0.492 e. The molecule has 3 amide bonds. The second kappa shape index (κ2) is 24.1. The number of hydrogen-bond acceptors (Lipinski definition) is 11. The van der Waals surface area contributed by atoms with E-state index in [4.69, 9.17) is 21.1 Å².